The summed E-state index contributed by atoms with van der Waals surface area (Å²) < 4.78 is 0. The van der Waals surface area contributed by atoms with Crippen molar-refractivity contribution in [1.29, 1.82) is 0 Å². The normalized spacial score (nSPS) is 25.5. The molecule has 1 atom stereocenters. The van der Waals surface area contributed by atoms with Crippen LogP contribution in [0.3, 0.4) is 0 Å². The van der Waals surface area contributed by atoms with Crippen LogP contribution in [0, 0.1) is 5.41 Å². The topological polar surface area (TPSA) is 24.4 Å². The lowest BCUT2D eigenvalue weighted by Gasteiger charge is -2.12. The van der Waals surface area contributed by atoms with Crippen molar-refractivity contribution in [2.45, 2.75) is 25.0 Å². The molecule has 1 saturated carbocycles. The third kappa shape index (κ3) is 2.65. The molecule has 2 aliphatic rings. The van der Waals surface area contributed by atoms with Crippen molar-refractivity contribution in [3.63, 3.8) is 0 Å². The van der Waals surface area contributed by atoms with Crippen LogP contribution in [0.5, 0.6) is 0 Å². The monoisotopic (exact) mass is 246 g/mol. The zero-order chi connectivity index (χ0) is 11.7. The first-order valence-electron chi connectivity index (χ1n) is 6.25. The molecule has 0 spiro atoms. The summed E-state index contributed by atoms with van der Waals surface area (Å²) in [6, 6.07) is 10.7. The van der Waals surface area contributed by atoms with E-state index < -0.39 is 0 Å². The third-order valence-electron chi connectivity index (χ3n) is 3.60. The van der Waals surface area contributed by atoms with Crippen LogP contribution in [0.15, 0.2) is 35.3 Å². The van der Waals surface area contributed by atoms with Gasteiger partial charge in [-0.2, -0.15) is 0 Å². The number of rotatable bonds is 3. The van der Waals surface area contributed by atoms with Crippen LogP contribution in [0.4, 0.5) is 0 Å². The Hall–Kier alpha value is -0.960. The van der Waals surface area contributed by atoms with Crippen LogP contribution in [0.2, 0.25) is 0 Å². The molecule has 0 aromatic heterocycles. The van der Waals surface area contributed by atoms with Gasteiger partial charge in [0, 0.05) is 6.54 Å². The van der Waals surface area contributed by atoms with Gasteiger partial charge in [-0.05, 0) is 23.8 Å². The average Bonchev–Trinajstić information content (AvgIpc) is 2.93. The lowest BCUT2D eigenvalue weighted by Crippen LogP contribution is -2.25. The van der Waals surface area contributed by atoms with E-state index in [-0.39, 0.29) is 0 Å². The summed E-state index contributed by atoms with van der Waals surface area (Å²) in [4.78, 5) is 4.59. The number of benzene rings is 1. The molecule has 2 nitrogen and oxygen atoms in total. The molecule has 1 aromatic rings. The Balaban J connectivity index is 1.54. The van der Waals surface area contributed by atoms with Crippen molar-refractivity contribution in [1.82, 2.24) is 5.32 Å². The Bertz CT molecular complexity index is 423. The number of nitrogens with zero attached hydrogens (tertiary/aromatic N) is 1. The maximum atomic E-state index is 4.59. The Labute approximate surface area is 107 Å². The molecule has 0 saturated heterocycles. The highest BCUT2D eigenvalue weighted by Gasteiger charge is 2.37. The van der Waals surface area contributed by atoms with E-state index in [1.165, 1.54) is 18.4 Å². The quantitative estimate of drug-likeness (QED) is 0.885. The maximum absolute atomic E-state index is 4.59. The molecule has 1 fully saturated rings. The van der Waals surface area contributed by atoms with Gasteiger partial charge in [0.15, 0.2) is 5.17 Å². The molecule has 0 bridgehead atoms. The summed E-state index contributed by atoms with van der Waals surface area (Å²) >= 11 is 1.87. The van der Waals surface area contributed by atoms with Crippen molar-refractivity contribution in [2.24, 2.45) is 10.4 Å². The molecule has 0 radical (unpaired) electrons. The second-order valence-electron chi connectivity index (χ2n) is 5.33. The van der Waals surface area contributed by atoms with Gasteiger partial charge in [0.25, 0.3) is 0 Å². The van der Waals surface area contributed by atoms with E-state index in [9.17, 15) is 0 Å². The summed E-state index contributed by atoms with van der Waals surface area (Å²) in [5.41, 5.74) is 1.93. The van der Waals surface area contributed by atoms with E-state index in [1.807, 2.05) is 11.8 Å². The fourth-order valence-electron chi connectivity index (χ4n) is 1.99. The van der Waals surface area contributed by atoms with Crippen LogP contribution in [-0.4, -0.2) is 18.3 Å². The minimum atomic E-state index is 0.505. The molecule has 1 aliphatic carbocycles. The SMILES string of the molecule is CC1(CNC2=NCC(c3ccccc3)S2)CC1. The van der Waals surface area contributed by atoms with Crippen molar-refractivity contribution >= 4 is 16.9 Å². The third-order valence-corrected chi connectivity index (χ3v) is 4.80. The first-order chi connectivity index (χ1) is 8.25. The van der Waals surface area contributed by atoms with E-state index >= 15 is 0 Å². The van der Waals surface area contributed by atoms with E-state index in [1.54, 1.807) is 0 Å². The zero-order valence-corrected chi connectivity index (χ0v) is 11.0. The first kappa shape index (κ1) is 11.1. The Morgan fingerprint density at radius 3 is 2.82 bits per heavy atom. The summed E-state index contributed by atoms with van der Waals surface area (Å²) in [6.45, 7) is 4.34. The van der Waals surface area contributed by atoms with Gasteiger partial charge in [0.2, 0.25) is 0 Å². The standard InChI is InChI=1S/C14H18N2S/c1-14(7-8-14)10-16-13-15-9-12(17-13)11-5-3-2-4-6-11/h2-6,12H,7-10H2,1H3,(H,15,16). The molecule has 17 heavy (non-hydrogen) atoms. The lowest BCUT2D eigenvalue weighted by atomic mass is 10.1. The van der Waals surface area contributed by atoms with Gasteiger partial charge in [-0.25, -0.2) is 0 Å². The van der Waals surface area contributed by atoms with Crippen LogP contribution >= 0.6 is 11.8 Å². The van der Waals surface area contributed by atoms with Crippen LogP contribution in [0.1, 0.15) is 30.6 Å². The molecule has 0 amide bonds. The van der Waals surface area contributed by atoms with Gasteiger partial charge in [-0.1, -0.05) is 49.0 Å². The number of hydrogen-bond donors (Lipinski definition) is 1. The van der Waals surface area contributed by atoms with Crippen LogP contribution < -0.4 is 5.32 Å². The second kappa shape index (κ2) is 4.37. The Morgan fingerprint density at radius 2 is 2.12 bits per heavy atom. The predicted molar refractivity (Wildman–Crippen MR) is 74.4 cm³/mol. The van der Waals surface area contributed by atoms with Crippen molar-refractivity contribution in [2.75, 3.05) is 13.1 Å². The van der Waals surface area contributed by atoms with Gasteiger partial charge in [0.05, 0.1) is 11.8 Å². The van der Waals surface area contributed by atoms with Crippen LogP contribution in [-0.2, 0) is 0 Å². The fraction of sp³-hybridized carbons (Fsp3) is 0.500. The van der Waals surface area contributed by atoms with E-state index in [0.717, 1.165) is 18.3 Å². The fourth-order valence-corrected chi connectivity index (χ4v) is 3.01. The molecule has 3 heteroatoms. The van der Waals surface area contributed by atoms with Crippen molar-refractivity contribution in [3.05, 3.63) is 35.9 Å². The summed E-state index contributed by atoms with van der Waals surface area (Å²) in [5.74, 6) is 0. The number of nitrogens with one attached hydrogen (secondary N) is 1. The largest absolute Gasteiger partial charge is 0.364 e. The maximum Gasteiger partial charge on any atom is 0.157 e. The molecule has 1 N–H and O–H groups in total. The predicted octanol–water partition coefficient (Wildman–Crippen LogP) is 3.22. The van der Waals surface area contributed by atoms with Gasteiger partial charge in [-0.15, -0.1) is 0 Å². The van der Waals surface area contributed by atoms with E-state index in [0.29, 0.717) is 10.7 Å². The van der Waals surface area contributed by atoms with E-state index in [4.69, 9.17) is 0 Å². The molecule has 90 valence electrons. The summed E-state index contributed by atoms with van der Waals surface area (Å²) in [7, 11) is 0. The van der Waals surface area contributed by atoms with Crippen LogP contribution in [0.25, 0.3) is 0 Å². The minimum Gasteiger partial charge on any atom is -0.364 e. The summed E-state index contributed by atoms with van der Waals surface area (Å²) in [6.07, 6.45) is 2.72. The van der Waals surface area contributed by atoms with Crippen molar-refractivity contribution in [3.8, 4) is 0 Å². The molecule has 3 rings (SSSR count). The zero-order valence-electron chi connectivity index (χ0n) is 10.1. The number of amidine groups is 1. The van der Waals surface area contributed by atoms with E-state index in [2.05, 4.69) is 47.6 Å². The number of aliphatic imine (C=N–C) groups is 1. The number of thioether (sulfide) groups is 1. The highest BCUT2D eigenvalue weighted by Crippen LogP contribution is 2.44. The average molecular weight is 246 g/mol. The molecule has 1 aliphatic heterocycles. The van der Waals surface area contributed by atoms with Gasteiger partial charge in [0.1, 0.15) is 0 Å². The highest BCUT2D eigenvalue weighted by molar-refractivity contribution is 8.14. The lowest BCUT2D eigenvalue weighted by molar-refractivity contribution is 0.558. The molecular formula is C14H18N2S. The van der Waals surface area contributed by atoms with Crippen molar-refractivity contribution < 1.29 is 0 Å². The van der Waals surface area contributed by atoms with Gasteiger partial charge in [-0.3, -0.25) is 4.99 Å². The minimum absolute atomic E-state index is 0.505. The molecular weight excluding hydrogens is 228 g/mol. The molecule has 1 aromatic carbocycles. The second-order valence-corrected chi connectivity index (χ2v) is 6.52. The van der Waals surface area contributed by atoms with Gasteiger partial charge >= 0.3 is 0 Å². The van der Waals surface area contributed by atoms with Gasteiger partial charge < -0.3 is 5.32 Å². The highest BCUT2D eigenvalue weighted by atomic mass is 32.2. The number of hydrogen-bond acceptors (Lipinski definition) is 3. The molecule has 1 heterocycles. The molecule has 1 unspecified atom stereocenters. The smallest absolute Gasteiger partial charge is 0.157 e. The first-order valence-corrected chi connectivity index (χ1v) is 7.13. The Kier molecular flexibility index (Phi) is 2.87. The Morgan fingerprint density at radius 1 is 1.35 bits per heavy atom. The summed E-state index contributed by atoms with van der Waals surface area (Å²) in [5, 5.41) is 5.13.